The molecular weight excluding hydrogens is 585 g/mol. The highest BCUT2D eigenvalue weighted by molar-refractivity contribution is 6.15. The van der Waals surface area contributed by atoms with Crippen molar-refractivity contribution in [2.75, 3.05) is 0 Å². The van der Waals surface area contributed by atoms with Gasteiger partial charge in [0.15, 0.2) is 0 Å². The fourth-order valence-electron chi connectivity index (χ4n) is 7.30. The molecule has 9 aromatic rings. The van der Waals surface area contributed by atoms with Crippen molar-refractivity contribution in [2.45, 2.75) is 0 Å². The Bertz CT molecular complexity index is 2800. The summed E-state index contributed by atoms with van der Waals surface area (Å²) in [7, 11) is 0. The summed E-state index contributed by atoms with van der Waals surface area (Å²) >= 11 is 0. The molecule has 0 saturated heterocycles. The average molecular weight is 611 g/mol. The molecule has 0 atom stereocenters. The number of hydrogen-bond acceptors (Lipinski definition) is 2. The van der Waals surface area contributed by atoms with Gasteiger partial charge < -0.3 is 9.13 Å². The van der Waals surface area contributed by atoms with E-state index in [0.29, 0.717) is 11.1 Å². The van der Waals surface area contributed by atoms with Crippen LogP contribution in [-0.4, -0.2) is 9.13 Å². The zero-order valence-electron chi connectivity index (χ0n) is 25.8. The maximum Gasteiger partial charge on any atom is 0.0992 e. The van der Waals surface area contributed by atoms with E-state index < -0.39 is 0 Å². The van der Waals surface area contributed by atoms with Crippen molar-refractivity contribution in [1.29, 1.82) is 10.5 Å². The first kappa shape index (κ1) is 27.4. The number of nitriles is 2. The fourth-order valence-corrected chi connectivity index (χ4v) is 7.30. The van der Waals surface area contributed by atoms with Crippen LogP contribution in [0.25, 0.3) is 77.2 Å². The molecule has 4 nitrogen and oxygen atoms in total. The minimum absolute atomic E-state index is 0.634. The summed E-state index contributed by atoms with van der Waals surface area (Å²) in [6.45, 7) is 0. The van der Waals surface area contributed by atoms with Gasteiger partial charge in [-0.15, -0.1) is 0 Å². The van der Waals surface area contributed by atoms with Crippen molar-refractivity contribution in [2.24, 2.45) is 0 Å². The Hall–Kier alpha value is -6.88. The summed E-state index contributed by atoms with van der Waals surface area (Å²) in [5.41, 5.74) is 12.2. The second kappa shape index (κ2) is 10.9. The second-order valence-electron chi connectivity index (χ2n) is 12.0. The van der Waals surface area contributed by atoms with Crippen LogP contribution in [0.2, 0.25) is 0 Å². The number of para-hydroxylation sites is 3. The van der Waals surface area contributed by atoms with Crippen molar-refractivity contribution in [3.8, 4) is 45.8 Å². The SMILES string of the molecule is N#Cc1cccc(-n2c3ccccc3c3cc(-c4ccccc4-c4cccc5c6cc(C#N)ccc6n(-c6ccccc6)c45)ccc32)c1. The lowest BCUT2D eigenvalue weighted by atomic mass is 9.92. The molecule has 0 fully saturated rings. The zero-order valence-corrected chi connectivity index (χ0v) is 25.8. The van der Waals surface area contributed by atoms with Crippen molar-refractivity contribution in [3.05, 3.63) is 169 Å². The minimum Gasteiger partial charge on any atom is -0.309 e. The Kier molecular flexibility index (Phi) is 6.22. The van der Waals surface area contributed by atoms with Gasteiger partial charge in [-0.25, -0.2) is 0 Å². The van der Waals surface area contributed by atoms with Crippen LogP contribution >= 0.6 is 0 Å². The van der Waals surface area contributed by atoms with Gasteiger partial charge in [0.2, 0.25) is 0 Å². The first-order valence-corrected chi connectivity index (χ1v) is 15.9. The highest BCUT2D eigenvalue weighted by Crippen LogP contribution is 2.43. The second-order valence-corrected chi connectivity index (χ2v) is 12.0. The molecule has 0 saturated carbocycles. The van der Waals surface area contributed by atoms with Crippen LogP contribution < -0.4 is 0 Å². The number of rotatable bonds is 4. The summed E-state index contributed by atoms with van der Waals surface area (Å²) in [6.07, 6.45) is 0. The number of fused-ring (bicyclic) bond motifs is 6. The highest BCUT2D eigenvalue weighted by atomic mass is 15.0. The molecule has 7 aromatic carbocycles. The molecule has 0 radical (unpaired) electrons. The van der Waals surface area contributed by atoms with Crippen molar-refractivity contribution < 1.29 is 0 Å². The Balaban J connectivity index is 1.31. The van der Waals surface area contributed by atoms with Crippen LogP contribution in [0.15, 0.2) is 158 Å². The zero-order chi connectivity index (χ0) is 32.2. The first-order valence-electron chi connectivity index (χ1n) is 15.9. The summed E-state index contributed by atoms with van der Waals surface area (Å²) in [5.74, 6) is 0. The maximum atomic E-state index is 9.75. The molecule has 0 spiro atoms. The average Bonchev–Trinajstić information content (AvgIpc) is 3.67. The van der Waals surface area contributed by atoms with Crippen LogP contribution in [0.1, 0.15) is 11.1 Å². The quantitative estimate of drug-likeness (QED) is 0.199. The highest BCUT2D eigenvalue weighted by Gasteiger charge is 2.20. The topological polar surface area (TPSA) is 57.4 Å². The van der Waals surface area contributed by atoms with Gasteiger partial charge in [-0.05, 0) is 83.4 Å². The maximum absolute atomic E-state index is 9.75. The molecule has 0 aliphatic rings. The van der Waals surface area contributed by atoms with E-state index in [1.165, 1.54) is 0 Å². The number of benzene rings is 7. The molecular formula is C44H26N4. The molecule has 0 aliphatic carbocycles. The number of hydrogen-bond donors (Lipinski definition) is 0. The van der Waals surface area contributed by atoms with E-state index in [1.54, 1.807) is 0 Å². The predicted octanol–water partition coefficient (Wildman–Crippen LogP) is 11.0. The first-order chi connectivity index (χ1) is 23.7. The standard InChI is InChI=1S/C44H26N4/c45-27-29-10-8-13-33(24-29)47-41-19-7-6-16-36(41)40-26-31(21-23-42(40)47)34-14-4-5-15-35(34)37-17-9-18-38-39-25-30(28-46)20-22-43(39)48(44(37)38)32-11-2-1-3-12-32/h1-26H. The van der Waals surface area contributed by atoms with Crippen molar-refractivity contribution >= 4 is 43.6 Å². The smallest absolute Gasteiger partial charge is 0.0992 e. The van der Waals surface area contributed by atoms with Gasteiger partial charge in [0.1, 0.15) is 0 Å². The third-order valence-corrected chi connectivity index (χ3v) is 9.37. The molecule has 222 valence electrons. The molecule has 0 bridgehead atoms. The largest absolute Gasteiger partial charge is 0.309 e. The van der Waals surface area contributed by atoms with Gasteiger partial charge >= 0.3 is 0 Å². The normalized spacial score (nSPS) is 11.3. The lowest BCUT2D eigenvalue weighted by molar-refractivity contribution is 1.18. The van der Waals surface area contributed by atoms with Crippen LogP contribution in [0.5, 0.6) is 0 Å². The van der Waals surface area contributed by atoms with Gasteiger partial charge in [-0.3, -0.25) is 0 Å². The summed E-state index contributed by atoms with van der Waals surface area (Å²) in [4.78, 5) is 0. The number of aromatic nitrogens is 2. The predicted molar refractivity (Wildman–Crippen MR) is 195 cm³/mol. The Morgan fingerprint density at radius 2 is 0.979 bits per heavy atom. The molecule has 48 heavy (non-hydrogen) atoms. The molecule has 4 heteroatoms. The van der Waals surface area contributed by atoms with Gasteiger partial charge in [0.05, 0.1) is 45.3 Å². The third kappa shape index (κ3) is 4.14. The van der Waals surface area contributed by atoms with Crippen LogP contribution in [-0.2, 0) is 0 Å². The minimum atomic E-state index is 0.634. The van der Waals surface area contributed by atoms with Gasteiger partial charge in [-0.2, -0.15) is 10.5 Å². The Labute approximate surface area is 277 Å². The summed E-state index contributed by atoms with van der Waals surface area (Å²) < 4.78 is 4.57. The molecule has 9 rings (SSSR count). The Morgan fingerprint density at radius 3 is 1.83 bits per heavy atom. The van der Waals surface area contributed by atoms with E-state index >= 15 is 0 Å². The van der Waals surface area contributed by atoms with Gasteiger partial charge in [-0.1, -0.05) is 91.0 Å². The van der Waals surface area contributed by atoms with Crippen LogP contribution in [0.3, 0.4) is 0 Å². The van der Waals surface area contributed by atoms with E-state index in [2.05, 4.69) is 143 Å². The van der Waals surface area contributed by atoms with E-state index in [-0.39, 0.29) is 0 Å². The lowest BCUT2D eigenvalue weighted by Crippen LogP contribution is -1.96. The summed E-state index contributed by atoms with van der Waals surface area (Å²) in [6, 6.07) is 59.1. The van der Waals surface area contributed by atoms with Gasteiger partial charge in [0.25, 0.3) is 0 Å². The lowest BCUT2D eigenvalue weighted by Gasteiger charge is -2.15. The molecule has 2 aromatic heterocycles. The third-order valence-electron chi connectivity index (χ3n) is 9.37. The summed E-state index contributed by atoms with van der Waals surface area (Å²) in [5, 5.41) is 23.8. The molecule has 0 aliphatic heterocycles. The van der Waals surface area contributed by atoms with Crippen molar-refractivity contribution in [3.63, 3.8) is 0 Å². The van der Waals surface area contributed by atoms with E-state index in [0.717, 1.165) is 77.2 Å². The van der Waals surface area contributed by atoms with E-state index in [1.807, 2.05) is 36.4 Å². The van der Waals surface area contributed by atoms with Crippen LogP contribution in [0.4, 0.5) is 0 Å². The Morgan fingerprint density at radius 1 is 0.375 bits per heavy atom. The monoisotopic (exact) mass is 610 g/mol. The van der Waals surface area contributed by atoms with E-state index in [9.17, 15) is 10.5 Å². The fraction of sp³-hybridized carbons (Fsp3) is 0. The molecule has 0 amide bonds. The number of nitrogens with zero attached hydrogens (tertiary/aromatic N) is 4. The molecule has 2 heterocycles. The molecule has 0 N–H and O–H groups in total. The van der Waals surface area contributed by atoms with Crippen LogP contribution in [0, 0.1) is 22.7 Å². The van der Waals surface area contributed by atoms with E-state index in [4.69, 9.17) is 0 Å². The van der Waals surface area contributed by atoms with Gasteiger partial charge in [0, 0.05) is 38.5 Å². The molecule has 0 unspecified atom stereocenters. The van der Waals surface area contributed by atoms with Crippen molar-refractivity contribution in [1.82, 2.24) is 9.13 Å².